The Morgan fingerprint density at radius 3 is 2.83 bits per heavy atom. The van der Waals surface area contributed by atoms with Crippen LogP contribution in [0.25, 0.3) is 0 Å². The van der Waals surface area contributed by atoms with Crippen LogP contribution < -0.4 is 5.32 Å². The van der Waals surface area contributed by atoms with Crippen LogP contribution in [0.1, 0.15) is 0 Å². The summed E-state index contributed by atoms with van der Waals surface area (Å²) in [4.78, 5) is 6.05. The number of aliphatic imine (C=N–C) groups is 1. The molecule has 1 N–H and O–H groups in total. The van der Waals surface area contributed by atoms with E-state index in [1.54, 1.807) is 18.1 Å². The molecule has 0 amide bonds. The van der Waals surface area contributed by atoms with E-state index in [2.05, 4.69) is 10.3 Å². The Balaban J connectivity index is 2.90. The zero-order chi connectivity index (χ0) is 9.14. The summed E-state index contributed by atoms with van der Waals surface area (Å²) in [5.41, 5.74) is 0.967. The third-order valence-corrected chi connectivity index (χ3v) is 3.00. The van der Waals surface area contributed by atoms with E-state index in [1.807, 2.05) is 25.3 Å². The Morgan fingerprint density at radius 2 is 2.42 bits per heavy atom. The fraction of sp³-hybridized carbons (Fsp3) is 0.571. The molecule has 0 aliphatic carbocycles. The van der Waals surface area contributed by atoms with Crippen molar-refractivity contribution in [3.8, 4) is 0 Å². The van der Waals surface area contributed by atoms with Crippen LogP contribution in [0, 0.1) is 0 Å². The number of nitrogens with zero attached hydrogens (tertiary/aromatic N) is 2. The van der Waals surface area contributed by atoms with Crippen LogP contribution in [0.15, 0.2) is 15.8 Å². The minimum Gasteiger partial charge on any atom is -0.387 e. The number of halogens is 1. The van der Waals surface area contributed by atoms with Gasteiger partial charge in [-0.3, -0.25) is 0 Å². The molecule has 0 bridgehead atoms. The maximum Gasteiger partial charge on any atom is 0.152 e. The zero-order valence-corrected chi connectivity index (χ0v) is 8.91. The lowest BCUT2D eigenvalue weighted by molar-refractivity contribution is 0.503. The number of likely N-dealkylation sites (N-methyl/N-ethyl adjacent to an activating group) is 2. The first-order valence-electron chi connectivity index (χ1n) is 3.57. The molecule has 3 nitrogen and oxygen atoms in total. The van der Waals surface area contributed by atoms with Gasteiger partial charge < -0.3 is 10.2 Å². The number of hydrogen-bond donors (Lipinski definition) is 1. The molecule has 0 fully saturated rings. The summed E-state index contributed by atoms with van der Waals surface area (Å²) in [5, 5.41) is 3.86. The minimum absolute atomic E-state index is 0.250. The topological polar surface area (TPSA) is 27.6 Å². The second-order valence-corrected chi connectivity index (χ2v) is 3.73. The molecule has 0 aromatic carbocycles. The molecule has 1 aliphatic heterocycles. The Labute approximate surface area is 81.9 Å². The first-order chi connectivity index (χ1) is 5.70. The van der Waals surface area contributed by atoms with Gasteiger partial charge in [0.25, 0.3) is 0 Å². The van der Waals surface area contributed by atoms with Gasteiger partial charge in [0.05, 0.1) is 12.0 Å². The van der Waals surface area contributed by atoms with E-state index in [4.69, 9.17) is 11.6 Å². The van der Waals surface area contributed by atoms with Crippen LogP contribution in [-0.4, -0.2) is 37.0 Å². The summed E-state index contributed by atoms with van der Waals surface area (Å²) in [6.45, 7) is 0. The fourth-order valence-corrected chi connectivity index (χ4v) is 2.25. The van der Waals surface area contributed by atoms with Crippen molar-refractivity contribution < 1.29 is 0 Å². The smallest absolute Gasteiger partial charge is 0.152 e. The van der Waals surface area contributed by atoms with Gasteiger partial charge in [0.15, 0.2) is 5.16 Å². The summed E-state index contributed by atoms with van der Waals surface area (Å²) < 4.78 is 0. The molecule has 0 aromatic rings. The number of nitrogens with one attached hydrogen (secondary N) is 1. The van der Waals surface area contributed by atoms with E-state index < -0.39 is 0 Å². The van der Waals surface area contributed by atoms with Crippen molar-refractivity contribution in [2.75, 3.05) is 20.4 Å². The molecule has 1 rings (SSSR count). The number of rotatable bonds is 2. The molecule has 68 valence electrons. The van der Waals surface area contributed by atoms with Crippen molar-refractivity contribution in [1.82, 2.24) is 10.2 Å². The quantitative estimate of drug-likeness (QED) is 0.689. The summed E-state index contributed by atoms with van der Waals surface area (Å²) in [5.74, 6) is 0. The van der Waals surface area contributed by atoms with Crippen LogP contribution in [0.2, 0.25) is 0 Å². The Kier molecular flexibility index (Phi) is 3.29. The lowest BCUT2D eigenvalue weighted by atomic mass is 10.4. The molecular formula is C7H12ClN3S. The number of hydrogen-bond acceptors (Lipinski definition) is 4. The van der Waals surface area contributed by atoms with Crippen molar-refractivity contribution in [3.05, 3.63) is 10.9 Å². The van der Waals surface area contributed by atoms with Gasteiger partial charge >= 0.3 is 0 Å². The van der Waals surface area contributed by atoms with Crippen LogP contribution in [0.3, 0.4) is 0 Å². The molecule has 0 aromatic heterocycles. The molecular weight excluding hydrogens is 194 g/mol. The van der Waals surface area contributed by atoms with Crippen molar-refractivity contribution in [3.63, 3.8) is 0 Å². The fourth-order valence-electron chi connectivity index (χ4n) is 1.09. The van der Waals surface area contributed by atoms with Gasteiger partial charge in [-0.25, -0.2) is 4.99 Å². The Bertz CT molecular complexity index is 227. The van der Waals surface area contributed by atoms with E-state index in [1.165, 1.54) is 0 Å². The molecule has 1 heterocycles. The SMILES string of the molecule is CNC1=C(Cl)N=CN(C)C1SC. The first-order valence-corrected chi connectivity index (χ1v) is 5.23. The molecule has 0 spiro atoms. The monoisotopic (exact) mass is 205 g/mol. The van der Waals surface area contributed by atoms with Gasteiger partial charge in [0.2, 0.25) is 0 Å². The lowest BCUT2D eigenvalue weighted by Gasteiger charge is -2.29. The zero-order valence-electron chi connectivity index (χ0n) is 7.34. The highest BCUT2D eigenvalue weighted by Gasteiger charge is 2.21. The van der Waals surface area contributed by atoms with Crippen molar-refractivity contribution in [2.24, 2.45) is 4.99 Å². The molecule has 1 unspecified atom stereocenters. The summed E-state index contributed by atoms with van der Waals surface area (Å²) in [6, 6.07) is 0. The highest BCUT2D eigenvalue weighted by Crippen LogP contribution is 2.25. The van der Waals surface area contributed by atoms with E-state index >= 15 is 0 Å². The highest BCUT2D eigenvalue weighted by atomic mass is 35.5. The maximum atomic E-state index is 5.90. The normalized spacial score (nSPS) is 23.3. The lowest BCUT2D eigenvalue weighted by Crippen LogP contribution is -2.36. The molecule has 1 atom stereocenters. The number of thioether (sulfide) groups is 1. The predicted molar refractivity (Wildman–Crippen MR) is 55.5 cm³/mol. The molecule has 0 saturated carbocycles. The molecule has 1 aliphatic rings. The summed E-state index contributed by atoms with van der Waals surface area (Å²) in [7, 11) is 3.83. The van der Waals surface area contributed by atoms with Crippen molar-refractivity contribution in [2.45, 2.75) is 5.37 Å². The summed E-state index contributed by atoms with van der Waals surface area (Å²) >= 11 is 7.62. The molecule has 12 heavy (non-hydrogen) atoms. The molecule has 5 heteroatoms. The van der Waals surface area contributed by atoms with E-state index in [-0.39, 0.29) is 5.37 Å². The average Bonchev–Trinajstić information content (AvgIpc) is 2.08. The van der Waals surface area contributed by atoms with Crippen molar-refractivity contribution in [1.29, 1.82) is 0 Å². The van der Waals surface area contributed by atoms with Gasteiger partial charge in [-0.1, -0.05) is 11.6 Å². The maximum absolute atomic E-state index is 5.90. The summed E-state index contributed by atoms with van der Waals surface area (Å²) in [6.07, 6.45) is 3.78. The second kappa shape index (κ2) is 4.05. The first kappa shape index (κ1) is 9.74. The van der Waals surface area contributed by atoms with Gasteiger partial charge in [-0.15, -0.1) is 11.8 Å². The van der Waals surface area contributed by atoms with Crippen LogP contribution in [0.4, 0.5) is 0 Å². The Morgan fingerprint density at radius 1 is 1.75 bits per heavy atom. The average molecular weight is 206 g/mol. The second-order valence-electron chi connectivity index (χ2n) is 2.45. The highest BCUT2D eigenvalue weighted by molar-refractivity contribution is 7.99. The molecule has 0 radical (unpaired) electrons. The van der Waals surface area contributed by atoms with E-state index in [9.17, 15) is 0 Å². The van der Waals surface area contributed by atoms with Crippen molar-refractivity contribution >= 4 is 29.7 Å². The standard InChI is InChI=1S/C7H12ClN3S/c1-9-5-6(8)10-4-11(2)7(5)12-3/h4,7,9H,1-3H3. The van der Waals surface area contributed by atoms with E-state index in [0.29, 0.717) is 5.16 Å². The Hall–Kier alpha value is -0.350. The predicted octanol–water partition coefficient (Wildman–Crippen LogP) is 1.28. The van der Waals surface area contributed by atoms with Gasteiger partial charge in [0.1, 0.15) is 5.37 Å². The van der Waals surface area contributed by atoms with Crippen LogP contribution in [0.5, 0.6) is 0 Å². The third-order valence-electron chi connectivity index (χ3n) is 1.68. The van der Waals surface area contributed by atoms with Crippen LogP contribution >= 0.6 is 23.4 Å². The minimum atomic E-state index is 0.250. The van der Waals surface area contributed by atoms with Gasteiger partial charge in [-0.2, -0.15) is 0 Å². The molecule has 0 saturated heterocycles. The van der Waals surface area contributed by atoms with Gasteiger partial charge in [0, 0.05) is 14.1 Å². The largest absolute Gasteiger partial charge is 0.387 e. The van der Waals surface area contributed by atoms with Gasteiger partial charge in [-0.05, 0) is 6.26 Å². The van der Waals surface area contributed by atoms with Crippen LogP contribution in [-0.2, 0) is 0 Å². The van der Waals surface area contributed by atoms with E-state index in [0.717, 1.165) is 5.70 Å². The third kappa shape index (κ3) is 1.69.